The monoisotopic (exact) mass is 141 g/mol. The molecule has 0 aromatic heterocycles. The largest absolute Gasteiger partial charge is 0.381 e. The number of nitrogens with two attached hydrogens (primary N) is 1. The predicted octanol–water partition coefficient (Wildman–Crippen LogP) is 0.928. The summed E-state index contributed by atoms with van der Waals surface area (Å²) >= 11 is 0. The van der Waals surface area contributed by atoms with Crippen LogP contribution < -0.4 is 5.73 Å². The first-order chi connectivity index (χ1) is 4.93. The minimum Gasteiger partial charge on any atom is -0.381 e. The zero-order valence-electron chi connectivity index (χ0n) is 6.25. The highest BCUT2D eigenvalue weighted by molar-refractivity contribution is 4.89. The van der Waals surface area contributed by atoms with E-state index in [9.17, 15) is 0 Å². The van der Waals surface area contributed by atoms with Crippen LogP contribution in [0.3, 0.4) is 0 Å². The Morgan fingerprint density at radius 3 is 3.10 bits per heavy atom. The fraction of sp³-hybridized carbons (Fsp3) is 0.750. The van der Waals surface area contributed by atoms with Crippen LogP contribution >= 0.6 is 0 Å². The molecule has 1 rings (SSSR count). The molecular weight excluding hydrogens is 126 g/mol. The normalized spacial score (nSPS) is 27.5. The van der Waals surface area contributed by atoms with E-state index in [0.29, 0.717) is 12.5 Å². The highest BCUT2D eigenvalue weighted by Gasteiger charge is 2.09. The number of ether oxygens (including phenoxy) is 1. The molecule has 0 aromatic carbocycles. The van der Waals surface area contributed by atoms with Crippen LogP contribution in [0.25, 0.3) is 0 Å². The van der Waals surface area contributed by atoms with Gasteiger partial charge in [0.05, 0.1) is 6.61 Å². The summed E-state index contributed by atoms with van der Waals surface area (Å²) < 4.78 is 5.29. The first kappa shape index (κ1) is 7.76. The summed E-state index contributed by atoms with van der Waals surface area (Å²) in [6, 6.07) is 0. The molecule has 0 amide bonds. The Hall–Kier alpha value is -0.340. The van der Waals surface area contributed by atoms with Gasteiger partial charge in [-0.15, -0.1) is 0 Å². The SMILES string of the molecule is NCC=CC1CCCOC1. The zero-order chi connectivity index (χ0) is 7.23. The molecule has 0 aliphatic carbocycles. The molecule has 58 valence electrons. The topological polar surface area (TPSA) is 35.2 Å². The van der Waals surface area contributed by atoms with Crippen molar-refractivity contribution in [1.82, 2.24) is 0 Å². The molecule has 2 nitrogen and oxygen atoms in total. The molecule has 2 heteroatoms. The van der Waals surface area contributed by atoms with Crippen molar-refractivity contribution < 1.29 is 4.74 Å². The van der Waals surface area contributed by atoms with Crippen molar-refractivity contribution in [3.8, 4) is 0 Å². The van der Waals surface area contributed by atoms with Crippen molar-refractivity contribution in [2.75, 3.05) is 19.8 Å². The van der Waals surface area contributed by atoms with Gasteiger partial charge < -0.3 is 10.5 Å². The Balaban J connectivity index is 2.19. The summed E-state index contributed by atoms with van der Waals surface area (Å²) in [6.07, 6.45) is 6.63. The first-order valence-electron chi connectivity index (χ1n) is 3.88. The van der Waals surface area contributed by atoms with Crippen molar-refractivity contribution in [3.05, 3.63) is 12.2 Å². The minimum absolute atomic E-state index is 0.622. The van der Waals surface area contributed by atoms with Crippen LogP contribution in [0.1, 0.15) is 12.8 Å². The lowest BCUT2D eigenvalue weighted by Gasteiger charge is -2.18. The van der Waals surface area contributed by atoms with E-state index in [4.69, 9.17) is 10.5 Å². The molecule has 1 fully saturated rings. The maximum absolute atomic E-state index is 5.32. The van der Waals surface area contributed by atoms with E-state index >= 15 is 0 Å². The van der Waals surface area contributed by atoms with Crippen LogP contribution in [0, 0.1) is 5.92 Å². The molecule has 0 bridgehead atoms. The van der Waals surface area contributed by atoms with E-state index in [0.717, 1.165) is 13.2 Å². The van der Waals surface area contributed by atoms with Gasteiger partial charge in [0.1, 0.15) is 0 Å². The van der Waals surface area contributed by atoms with Gasteiger partial charge in [0.25, 0.3) is 0 Å². The lowest BCUT2D eigenvalue weighted by atomic mass is 10.0. The molecule has 10 heavy (non-hydrogen) atoms. The van der Waals surface area contributed by atoms with E-state index in [-0.39, 0.29) is 0 Å². The molecule has 0 aromatic rings. The Bertz CT molecular complexity index is 106. The van der Waals surface area contributed by atoms with Crippen LogP contribution in [0.2, 0.25) is 0 Å². The van der Waals surface area contributed by atoms with E-state index in [1.807, 2.05) is 6.08 Å². The summed E-state index contributed by atoms with van der Waals surface area (Å²) in [7, 11) is 0. The molecular formula is C8H15NO. The predicted molar refractivity (Wildman–Crippen MR) is 41.7 cm³/mol. The average Bonchev–Trinajstić information content (AvgIpc) is 2.03. The summed E-state index contributed by atoms with van der Waals surface area (Å²) in [5.74, 6) is 0.622. The number of rotatable bonds is 2. The van der Waals surface area contributed by atoms with Gasteiger partial charge in [0.15, 0.2) is 0 Å². The fourth-order valence-corrected chi connectivity index (χ4v) is 1.19. The average molecular weight is 141 g/mol. The zero-order valence-corrected chi connectivity index (χ0v) is 6.25. The molecule has 1 aliphatic rings. The highest BCUT2D eigenvalue weighted by Crippen LogP contribution is 2.13. The van der Waals surface area contributed by atoms with Crippen molar-refractivity contribution >= 4 is 0 Å². The van der Waals surface area contributed by atoms with Gasteiger partial charge in [-0.3, -0.25) is 0 Å². The molecule has 1 unspecified atom stereocenters. The van der Waals surface area contributed by atoms with Gasteiger partial charge >= 0.3 is 0 Å². The fourth-order valence-electron chi connectivity index (χ4n) is 1.19. The van der Waals surface area contributed by atoms with Gasteiger partial charge in [0, 0.05) is 19.1 Å². The lowest BCUT2D eigenvalue weighted by Crippen LogP contribution is -2.15. The van der Waals surface area contributed by atoms with Crippen LogP contribution in [0.5, 0.6) is 0 Å². The quantitative estimate of drug-likeness (QED) is 0.580. The maximum atomic E-state index is 5.32. The molecule has 0 radical (unpaired) electrons. The number of hydrogen-bond acceptors (Lipinski definition) is 2. The number of hydrogen-bond donors (Lipinski definition) is 1. The van der Waals surface area contributed by atoms with Crippen molar-refractivity contribution in [1.29, 1.82) is 0 Å². The Labute approximate surface area is 62.1 Å². The van der Waals surface area contributed by atoms with Crippen LogP contribution in [0.4, 0.5) is 0 Å². The molecule has 0 saturated carbocycles. The Morgan fingerprint density at radius 1 is 1.60 bits per heavy atom. The van der Waals surface area contributed by atoms with Gasteiger partial charge in [-0.1, -0.05) is 12.2 Å². The van der Waals surface area contributed by atoms with Crippen LogP contribution in [0.15, 0.2) is 12.2 Å². The first-order valence-corrected chi connectivity index (χ1v) is 3.88. The van der Waals surface area contributed by atoms with E-state index in [2.05, 4.69) is 6.08 Å². The molecule has 1 aliphatic heterocycles. The summed E-state index contributed by atoms with van der Waals surface area (Å²) in [6.45, 7) is 2.47. The van der Waals surface area contributed by atoms with Crippen LogP contribution in [-0.4, -0.2) is 19.8 Å². The molecule has 1 atom stereocenters. The second-order valence-corrected chi connectivity index (χ2v) is 2.64. The minimum atomic E-state index is 0.622. The van der Waals surface area contributed by atoms with Gasteiger partial charge in [-0.2, -0.15) is 0 Å². The second kappa shape index (κ2) is 4.47. The maximum Gasteiger partial charge on any atom is 0.0528 e. The third-order valence-corrected chi connectivity index (χ3v) is 1.74. The van der Waals surface area contributed by atoms with E-state index in [1.54, 1.807) is 0 Å². The summed E-state index contributed by atoms with van der Waals surface area (Å²) in [5.41, 5.74) is 5.32. The van der Waals surface area contributed by atoms with Crippen molar-refractivity contribution in [2.24, 2.45) is 11.7 Å². The molecule has 1 saturated heterocycles. The summed E-state index contributed by atoms with van der Waals surface area (Å²) in [4.78, 5) is 0. The Kier molecular flexibility index (Phi) is 3.47. The molecule has 0 spiro atoms. The van der Waals surface area contributed by atoms with Gasteiger partial charge in [0.2, 0.25) is 0 Å². The standard InChI is InChI=1S/C8H15NO/c9-5-1-3-8-4-2-6-10-7-8/h1,3,8H,2,4-7,9H2. The smallest absolute Gasteiger partial charge is 0.0528 e. The molecule has 1 heterocycles. The van der Waals surface area contributed by atoms with Crippen molar-refractivity contribution in [3.63, 3.8) is 0 Å². The van der Waals surface area contributed by atoms with E-state index < -0.39 is 0 Å². The second-order valence-electron chi connectivity index (χ2n) is 2.64. The summed E-state index contributed by atoms with van der Waals surface area (Å²) in [5, 5.41) is 0. The molecule has 2 N–H and O–H groups in total. The van der Waals surface area contributed by atoms with Gasteiger partial charge in [-0.05, 0) is 12.8 Å². The van der Waals surface area contributed by atoms with Gasteiger partial charge in [-0.25, -0.2) is 0 Å². The third kappa shape index (κ3) is 2.50. The lowest BCUT2D eigenvalue weighted by molar-refractivity contribution is 0.0710. The van der Waals surface area contributed by atoms with E-state index in [1.165, 1.54) is 12.8 Å². The van der Waals surface area contributed by atoms with Crippen molar-refractivity contribution in [2.45, 2.75) is 12.8 Å². The van der Waals surface area contributed by atoms with Crippen LogP contribution in [-0.2, 0) is 4.74 Å². The highest BCUT2D eigenvalue weighted by atomic mass is 16.5. The Morgan fingerprint density at radius 2 is 2.50 bits per heavy atom. The third-order valence-electron chi connectivity index (χ3n) is 1.74.